The fourth-order valence-corrected chi connectivity index (χ4v) is 3.55. The Morgan fingerprint density at radius 2 is 1.52 bits per heavy atom. The molecule has 154 valence electrons. The molecule has 0 saturated carbocycles. The van der Waals surface area contributed by atoms with Crippen LogP contribution in [0, 0.1) is 13.8 Å². The fourth-order valence-electron chi connectivity index (χ4n) is 3.55. The molecule has 1 fully saturated rings. The van der Waals surface area contributed by atoms with Crippen LogP contribution in [0.4, 0.5) is 0 Å². The molecule has 0 aliphatic carbocycles. The summed E-state index contributed by atoms with van der Waals surface area (Å²) >= 11 is 0. The Morgan fingerprint density at radius 3 is 2.10 bits per heavy atom. The summed E-state index contributed by atoms with van der Waals surface area (Å²) in [5, 5.41) is 0. The van der Waals surface area contributed by atoms with Gasteiger partial charge in [-0.1, -0.05) is 17.7 Å². The van der Waals surface area contributed by atoms with Gasteiger partial charge in [0.25, 0.3) is 5.91 Å². The third-order valence-electron chi connectivity index (χ3n) is 5.32. The number of methoxy groups -OCH3 is 2. The first kappa shape index (κ1) is 20.9. The van der Waals surface area contributed by atoms with E-state index in [1.165, 1.54) is 0 Å². The maximum Gasteiger partial charge on any atom is 0.254 e. The van der Waals surface area contributed by atoms with Gasteiger partial charge < -0.3 is 14.4 Å². The molecule has 1 aliphatic heterocycles. The molecule has 0 unspecified atom stereocenters. The van der Waals surface area contributed by atoms with E-state index in [4.69, 9.17) is 9.47 Å². The molecule has 1 saturated heterocycles. The lowest BCUT2D eigenvalue weighted by molar-refractivity contribution is 0.0623. The third kappa shape index (κ3) is 4.95. The van der Waals surface area contributed by atoms with Crippen molar-refractivity contribution < 1.29 is 19.1 Å². The van der Waals surface area contributed by atoms with Crippen molar-refractivity contribution in [2.45, 2.75) is 13.8 Å². The fraction of sp³-hybridized carbons (Fsp3) is 0.391. The van der Waals surface area contributed by atoms with Crippen molar-refractivity contribution >= 4 is 11.7 Å². The van der Waals surface area contributed by atoms with Gasteiger partial charge in [0.05, 0.1) is 20.8 Å². The molecule has 1 amide bonds. The van der Waals surface area contributed by atoms with Crippen LogP contribution in [0.1, 0.15) is 31.8 Å². The molecule has 2 aromatic carbocycles. The number of carbonyl (C=O) groups excluding carboxylic acids is 2. The molecule has 0 radical (unpaired) electrons. The van der Waals surface area contributed by atoms with E-state index < -0.39 is 0 Å². The summed E-state index contributed by atoms with van der Waals surface area (Å²) < 4.78 is 10.5. The third-order valence-corrected chi connectivity index (χ3v) is 5.32. The molecular weight excluding hydrogens is 368 g/mol. The number of ketones is 1. The van der Waals surface area contributed by atoms with Gasteiger partial charge in [-0.15, -0.1) is 0 Å². The molecule has 1 aliphatic rings. The Balaban J connectivity index is 1.61. The van der Waals surface area contributed by atoms with E-state index >= 15 is 0 Å². The molecule has 3 rings (SSSR count). The van der Waals surface area contributed by atoms with Crippen molar-refractivity contribution in [2.24, 2.45) is 0 Å². The Kier molecular flexibility index (Phi) is 6.54. The molecule has 2 aromatic rings. The van der Waals surface area contributed by atoms with Crippen LogP contribution >= 0.6 is 0 Å². The molecule has 0 bridgehead atoms. The Hall–Kier alpha value is -2.86. The highest BCUT2D eigenvalue weighted by Gasteiger charge is 2.24. The zero-order chi connectivity index (χ0) is 21.0. The Morgan fingerprint density at radius 1 is 0.897 bits per heavy atom. The number of nitrogens with zero attached hydrogens (tertiary/aromatic N) is 2. The first-order valence-electron chi connectivity index (χ1n) is 9.76. The van der Waals surface area contributed by atoms with Crippen molar-refractivity contribution in [1.29, 1.82) is 0 Å². The van der Waals surface area contributed by atoms with Gasteiger partial charge in [-0.25, -0.2) is 0 Å². The van der Waals surface area contributed by atoms with E-state index in [0.29, 0.717) is 49.8 Å². The van der Waals surface area contributed by atoms with E-state index in [1.54, 1.807) is 32.4 Å². The average Bonchev–Trinajstić information content (AvgIpc) is 2.74. The Bertz CT molecular complexity index is 879. The predicted octanol–water partition coefficient (Wildman–Crippen LogP) is 2.96. The maximum atomic E-state index is 12.9. The summed E-state index contributed by atoms with van der Waals surface area (Å²) in [5.74, 6) is 1.25. The number of hydrogen-bond acceptors (Lipinski definition) is 5. The number of piperazine rings is 1. The molecule has 0 atom stereocenters. The van der Waals surface area contributed by atoms with E-state index in [9.17, 15) is 9.59 Å². The number of carbonyl (C=O) groups is 2. The zero-order valence-electron chi connectivity index (χ0n) is 17.5. The summed E-state index contributed by atoms with van der Waals surface area (Å²) in [6, 6.07) is 11.1. The van der Waals surface area contributed by atoms with Gasteiger partial charge in [0.1, 0.15) is 11.5 Å². The highest BCUT2D eigenvalue weighted by molar-refractivity contribution is 5.99. The van der Waals surface area contributed by atoms with Crippen molar-refractivity contribution in [3.63, 3.8) is 0 Å². The number of aryl methyl sites for hydroxylation is 2. The monoisotopic (exact) mass is 396 g/mol. The van der Waals surface area contributed by atoms with E-state index in [-0.39, 0.29) is 11.7 Å². The standard InChI is InChI=1S/C23H28N2O4/c1-16-5-6-17(2)21(11-16)22(26)15-24-7-9-25(10-8-24)23(27)18-12-19(28-3)14-20(13-18)29-4/h5-6,11-14H,7-10,15H2,1-4H3. The van der Waals surface area contributed by atoms with Crippen LogP contribution in [-0.4, -0.2) is 68.4 Å². The normalized spacial score (nSPS) is 14.6. The van der Waals surface area contributed by atoms with Gasteiger partial charge in [-0.3, -0.25) is 14.5 Å². The van der Waals surface area contributed by atoms with E-state index in [2.05, 4.69) is 4.90 Å². The predicted molar refractivity (Wildman–Crippen MR) is 112 cm³/mol. The smallest absolute Gasteiger partial charge is 0.254 e. The molecule has 0 spiro atoms. The lowest BCUT2D eigenvalue weighted by Gasteiger charge is -2.34. The van der Waals surface area contributed by atoms with Crippen LogP contribution in [0.5, 0.6) is 11.5 Å². The maximum absolute atomic E-state index is 12.9. The zero-order valence-corrected chi connectivity index (χ0v) is 17.5. The largest absolute Gasteiger partial charge is 0.497 e. The minimum atomic E-state index is -0.0531. The molecule has 6 heteroatoms. The molecular formula is C23H28N2O4. The molecule has 6 nitrogen and oxygen atoms in total. The number of rotatable bonds is 6. The van der Waals surface area contributed by atoms with Crippen molar-refractivity contribution in [3.05, 3.63) is 58.7 Å². The van der Waals surface area contributed by atoms with E-state index in [1.807, 2.05) is 36.9 Å². The SMILES string of the molecule is COc1cc(OC)cc(C(=O)N2CCN(CC(=O)c3cc(C)ccc3C)CC2)c1. The van der Waals surface area contributed by atoms with Crippen LogP contribution in [0.3, 0.4) is 0 Å². The summed E-state index contributed by atoms with van der Waals surface area (Å²) in [7, 11) is 3.13. The van der Waals surface area contributed by atoms with Gasteiger partial charge in [0.2, 0.25) is 0 Å². The van der Waals surface area contributed by atoms with Crippen molar-refractivity contribution in [2.75, 3.05) is 46.9 Å². The summed E-state index contributed by atoms with van der Waals surface area (Å²) in [6.07, 6.45) is 0. The van der Waals surface area contributed by atoms with Gasteiger partial charge in [0.15, 0.2) is 5.78 Å². The van der Waals surface area contributed by atoms with Crippen LogP contribution in [-0.2, 0) is 0 Å². The van der Waals surface area contributed by atoms with Gasteiger partial charge in [-0.2, -0.15) is 0 Å². The number of ether oxygens (including phenoxy) is 2. The average molecular weight is 396 g/mol. The Labute approximate surface area is 172 Å². The van der Waals surface area contributed by atoms with Gasteiger partial charge >= 0.3 is 0 Å². The second-order valence-corrected chi connectivity index (χ2v) is 7.41. The van der Waals surface area contributed by atoms with Crippen LogP contribution < -0.4 is 9.47 Å². The number of hydrogen-bond donors (Lipinski definition) is 0. The highest BCUT2D eigenvalue weighted by Crippen LogP contribution is 2.24. The summed E-state index contributed by atoms with van der Waals surface area (Å²) in [5.41, 5.74) is 3.41. The lowest BCUT2D eigenvalue weighted by Crippen LogP contribution is -2.50. The lowest BCUT2D eigenvalue weighted by atomic mass is 10.0. The minimum Gasteiger partial charge on any atom is -0.497 e. The van der Waals surface area contributed by atoms with E-state index in [0.717, 1.165) is 16.7 Å². The second kappa shape index (κ2) is 9.09. The topological polar surface area (TPSA) is 59.1 Å². The molecule has 0 N–H and O–H groups in total. The van der Waals surface area contributed by atoms with Crippen LogP contribution in [0.15, 0.2) is 36.4 Å². The van der Waals surface area contributed by atoms with Crippen LogP contribution in [0.25, 0.3) is 0 Å². The van der Waals surface area contributed by atoms with Gasteiger partial charge in [0, 0.05) is 43.4 Å². The number of amides is 1. The van der Waals surface area contributed by atoms with Crippen molar-refractivity contribution in [1.82, 2.24) is 9.80 Å². The summed E-state index contributed by atoms with van der Waals surface area (Å²) in [4.78, 5) is 29.5. The number of Topliss-reactive ketones (excluding diaryl/α,β-unsaturated/α-hetero) is 1. The first-order valence-corrected chi connectivity index (χ1v) is 9.76. The molecule has 29 heavy (non-hydrogen) atoms. The quantitative estimate of drug-likeness (QED) is 0.703. The highest BCUT2D eigenvalue weighted by atomic mass is 16.5. The summed E-state index contributed by atoms with van der Waals surface area (Å²) in [6.45, 7) is 6.84. The number of benzene rings is 2. The minimum absolute atomic E-state index is 0.0531. The molecule has 0 aromatic heterocycles. The second-order valence-electron chi connectivity index (χ2n) is 7.41. The van der Waals surface area contributed by atoms with Gasteiger partial charge in [-0.05, 0) is 37.6 Å². The van der Waals surface area contributed by atoms with Crippen molar-refractivity contribution in [3.8, 4) is 11.5 Å². The van der Waals surface area contributed by atoms with Crippen LogP contribution in [0.2, 0.25) is 0 Å². The first-order chi connectivity index (χ1) is 13.9. The molecule has 1 heterocycles.